The van der Waals surface area contributed by atoms with Gasteiger partial charge < -0.3 is 5.11 Å². The summed E-state index contributed by atoms with van der Waals surface area (Å²) in [7, 11) is 0. The van der Waals surface area contributed by atoms with Crippen LogP contribution in [0, 0.1) is 5.92 Å². The summed E-state index contributed by atoms with van der Waals surface area (Å²) in [4.78, 5) is 0. The molecule has 3 heteroatoms. The van der Waals surface area contributed by atoms with Gasteiger partial charge >= 0.3 is 0 Å². The van der Waals surface area contributed by atoms with Gasteiger partial charge in [-0.15, -0.1) is 0 Å². The molecule has 3 nitrogen and oxygen atoms in total. The lowest BCUT2D eigenvalue weighted by Gasteiger charge is -2.15. The summed E-state index contributed by atoms with van der Waals surface area (Å²) in [5, 5.41) is 14.1. The smallest absolute Gasteiger partial charge is 0.0645 e. The standard InChI is InChI=1S/C15H20N2O/c1-3-15(18)12(2)9-13-10-16-17(11-13)14-7-5-4-6-8-14/h4-8,10-12,15,18H,3,9H2,1-2H3. The van der Waals surface area contributed by atoms with E-state index in [2.05, 4.69) is 12.0 Å². The predicted octanol–water partition coefficient (Wildman–Crippen LogP) is 2.82. The molecule has 0 saturated carbocycles. The number of hydrogen-bond acceptors (Lipinski definition) is 2. The van der Waals surface area contributed by atoms with Gasteiger partial charge in [0.25, 0.3) is 0 Å². The minimum absolute atomic E-state index is 0.231. The lowest BCUT2D eigenvalue weighted by Crippen LogP contribution is -2.18. The Morgan fingerprint density at radius 3 is 2.67 bits per heavy atom. The van der Waals surface area contributed by atoms with E-state index >= 15 is 0 Å². The third-order valence-electron chi connectivity index (χ3n) is 3.29. The van der Waals surface area contributed by atoms with Crippen molar-refractivity contribution < 1.29 is 5.11 Å². The van der Waals surface area contributed by atoms with Crippen molar-refractivity contribution in [2.45, 2.75) is 32.8 Å². The quantitative estimate of drug-likeness (QED) is 0.878. The van der Waals surface area contributed by atoms with E-state index in [4.69, 9.17) is 0 Å². The zero-order valence-electron chi connectivity index (χ0n) is 11.0. The summed E-state index contributed by atoms with van der Waals surface area (Å²) in [6, 6.07) is 10.1. The lowest BCUT2D eigenvalue weighted by molar-refractivity contribution is 0.113. The van der Waals surface area contributed by atoms with Crippen molar-refractivity contribution in [3.63, 3.8) is 0 Å². The van der Waals surface area contributed by atoms with Gasteiger partial charge in [0.1, 0.15) is 0 Å². The topological polar surface area (TPSA) is 38.1 Å². The van der Waals surface area contributed by atoms with Crippen molar-refractivity contribution in [3.8, 4) is 5.69 Å². The van der Waals surface area contributed by atoms with Gasteiger partial charge in [0.05, 0.1) is 18.0 Å². The fourth-order valence-corrected chi connectivity index (χ4v) is 2.10. The van der Waals surface area contributed by atoms with E-state index in [-0.39, 0.29) is 12.0 Å². The summed E-state index contributed by atoms with van der Waals surface area (Å²) in [6.07, 6.45) is 5.35. The summed E-state index contributed by atoms with van der Waals surface area (Å²) in [5.41, 5.74) is 2.23. The maximum atomic E-state index is 9.78. The molecule has 1 aromatic carbocycles. The predicted molar refractivity (Wildman–Crippen MR) is 72.7 cm³/mol. The SMILES string of the molecule is CCC(O)C(C)Cc1cnn(-c2ccccc2)c1. The average molecular weight is 244 g/mol. The zero-order chi connectivity index (χ0) is 13.0. The van der Waals surface area contributed by atoms with Gasteiger partial charge in [0, 0.05) is 6.20 Å². The van der Waals surface area contributed by atoms with E-state index in [1.54, 1.807) is 0 Å². The zero-order valence-corrected chi connectivity index (χ0v) is 11.0. The lowest BCUT2D eigenvalue weighted by atomic mass is 9.96. The maximum Gasteiger partial charge on any atom is 0.0645 e. The van der Waals surface area contributed by atoms with Gasteiger partial charge in [-0.2, -0.15) is 5.10 Å². The van der Waals surface area contributed by atoms with E-state index in [1.807, 2.05) is 54.3 Å². The van der Waals surface area contributed by atoms with Gasteiger partial charge in [0.15, 0.2) is 0 Å². The molecular formula is C15H20N2O. The molecule has 2 rings (SSSR count). The van der Waals surface area contributed by atoms with E-state index < -0.39 is 0 Å². The normalized spacial score (nSPS) is 14.4. The number of aliphatic hydroxyl groups is 1. The first-order chi connectivity index (χ1) is 8.70. The van der Waals surface area contributed by atoms with E-state index in [0.29, 0.717) is 0 Å². The van der Waals surface area contributed by atoms with E-state index in [0.717, 1.165) is 18.5 Å². The third kappa shape index (κ3) is 2.99. The van der Waals surface area contributed by atoms with Gasteiger partial charge in [0.2, 0.25) is 0 Å². The fraction of sp³-hybridized carbons (Fsp3) is 0.400. The fourth-order valence-electron chi connectivity index (χ4n) is 2.10. The first kappa shape index (κ1) is 12.8. The van der Waals surface area contributed by atoms with Crippen LogP contribution in [0.4, 0.5) is 0 Å². The highest BCUT2D eigenvalue weighted by Gasteiger charge is 2.13. The molecule has 0 aliphatic carbocycles. The highest BCUT2D eigenvalue weighted by Crippen LogP contribution is 2.15. The monoisotopic (exact) mass is 244 g/mol. The summed E-state index contributed by atoms with van der Waals surface area (Å²) < 4.78 is 1.88. The molecule has 0 fully saturated rings. The Kier molecular flexibility index (Phi) is 4.15. The molecule has 0 spiro atoms. The minimum Gasteiger partial charge on any atom is -0.393 e. The van der Waals surface area contributed by atoms with Crippen molar-refractivity contribution in [1.29, 1.82) is 0 Å². The molecule has 1 N–H and O–H groups in total. The van der Waals surface area contributed by atoms with Crippen LogP contribution in [0.3, 0.4) is 0 Å². The molecule has 96 valence electrons. The van der Waals surface area contributed by atoms with Crippen LogP contribution in [0.1, 0.15) is 25.8 Å². The highest BCUT2D eigenvalue weighted by atomic mass is 16.3. The summed E-state index contributed by atoms with van der Waals surface area (Å²) in [6.45, 7) is 4.09. The van der Waals surface area contributed by atoms with Gasteiger partial charge in [-0.1, -0.05) is 32.0 Å². The molecule has 1 heterocycles. The molecule has 2 unspecified atom stereocenters. The van der Waals surface area contributed by atoms with E-state index in [9.17, 15) is 5.11 Å². The minimum atomic E-state index is -0.231. The molecule has 2 aromatic rings. The Morgan fingerprint density at radius 1 is 1.28 bits per heavy atom. The molecule has 1 aromatic heterocycles. The molecule has 0 aliphatic rings. The Bertz CT molecular complexity index is 478. The molecule has 0 aliphatic heterocycles. The molecule has 0 radical (unpaired) electrons. The van der Waals surface area contributed by atoms with Crippen LogP contribution in [-0.4, -0.2) is 21.0 Å². The van der Waals surface area contributed by atoms with Crippen LogP contribution in [0.2, 0.25) is 0 Å². The largest absolute Gasteiger partial charge is 0.393 e. The van der Waals surface area contributed by atoms with Crippen LogP contribution in [0.25, 0.3) is 5.69 Å². The molecule has 0 amide bonds. The van der Waals surface area contributed by atoms with Gasteiger partial charge in [-0.25, -0.2) is 4.68 Å². The Balaban J connectivity index is 2.07. The van der Waals surface area contributed by atoms with Crippen LogP contribution in [0.15, 0.2) is 42.7 Å². The van der Waals surface area contributed by atoms with Crippen LogP contribution >= 0.6 is 0 Å². The second-order valence-corrected chi connectivity index (χ2v) is 4.79. The molecule has 0 saturated heterocycles. The molecular weight excluding hydrogens is 224 g/mol. The van der Waals surface area contributed by atoms with Crippen LogP contribution in [0.5, 0.6) is 0 Å². The van der Waals surface area contributed by atoms with Crippen molar-refractivity contribution in [2.75, 3.05) is 0 Å². The second kappa shape index (κ2) is 5.83. The van der Waals surface area contributed by atoms with Crippen LogP contribution < -0.4 is 0 Å². The van der Waals surface area contributed by atoms with E-state index in [1.165, 1.54) is 5.56 Å². The Hall–Kier alpha value is -1.61. The van der Waals surface area contributed by atoms with Crippen molar-refractivity contribution in [3.05, 3.63) is 48.3 Å². The third-order valence-corrected chi connectivity index (χ3v) is 3.29. The van der Waals surface area contributed by atoms with Crippen molar-refractivity contribution in [2.24, 2.45) is 5.92 Å². The van der Waals surface area contributed by atoms with Gasteiger partial charge in [-0.3, -0.25) is 0 Å². The van der Waals surface area contributed by atoms with Crippen molar-refractivity contribution >= 4 is 0 Å². The first-order valence-electron chi connectivity index (χ1n) is 6.47. The highest BCUT2D eigenvalue weighted by molar-refractivity contribution is 5.30. The number of aliphatic hydroxyl groups excluding tert-OH is 1. The number of nitrogens with zero attached hydrogens (tertiary/aromatic N) is 2. The number of rotatable bonds is 5. The molecule has 2 atom stereocenters. The Labute approximate surface area is 108 Å². The van der Waals surface area contributed by atoms with Gasteiger partial charge in [-0.05, 0) is 36.5 Å². The number of benzene rings is 1. The second-order valence-electron chi connectivity index (χ2n) is 4.79. The van der Waals surface area contributed by atoms with Crippen LogP contribution in [-0.2, 0) is 6.42 Å². The molecule has 0 bridgehead atoms. The average Bonchev–Trinajstić information content (AvgIpc) is 2.87. The number of aromatic nitrogens is 2. The summed E-state index contributed by atoms with van der Waals surface area (Å²) >= 11 is 0. The number of hydrogen-bond donors (Lipinski definition) is 1. The number of para-hydroxylation sites is 1. The molecule has 18 heavy (non-hydrogen) atoms. The maximum absolute atomic E-state index is 9.78. The van der Waals surface area contributed by atoms with Crippen molar-refractivity contribution in [1.82, 2.24) is 9.78 Å². The first-order valence-corrected chi connectivity index (χ1v) is 6.47. The summed E-state index contributed by atoms with van der Waals surface area (Å²) in [5.74, 6) is 0.267. The Morgan fingerprint density at radius 2 is 2.00 bits per heavy atom.